The number of methoxy groups -OCH3 is 1. The highest BCUT2D eigenvalue weighted by Gasteiger charge is 2.17. The average Bonchev–Trinajstić information content (AvgIpc) is 2.96. The lowest BCUT2D eigenvalue weighted by atomic mass is 9.99. The molecule has 0 atom stereocenters. The Morgan fingerprint density at radius 1 is 0.840 bits per heavy atom. The maximum absolute atomic E-state index is 5.89. The van der Waals surface area contributed by atoms with Gasteiger partial charge in [0.2, 0.25) is 0 Å². The van der Waals surface area contributed by atoms with Gasteiger partial charge in [0.05, 0.1) is 12.7 Å². The van der Waals surface area contributed by atoms with Gasteiger partial charge in [-0.1, -0.05) is 17.3 Å². The van der Waals surface area contributed by atoms with Gasteiger partial charge in [-0.15, -0.1) is 0 Å². The third kappa shape index (κ3) is 3.85. The number of hydrogen-bond acceptors (Lipinski definition) is 4. The molecule has 0 amide bonds. The SMILES string of the molecule is COc1ccc(-c2noc(C)c2-c2ccc(OC(C)(C)C)cc2)cc1. The van der Waals surface area contributed by atoms with Crippen LogP contribution in [0.4, 0.5) is 0 Å². The smallest absolute Gasteiger partial charge is 0.142 e. The monoisotopic (exact) mass is 337 g/mol. The summed E-state index contributed by atoms with van der Waals surface area (Å²) in [7, 11) is 1.65. The molecule has 0 radical (unpaired) electrons. The first-order valence-electron chi connectivity index (χ1n) is 8.27. The van der Waals surface area contributed by atoms with E-state index in [1.165, 1.54) is 0 Å². The minimum absolute atomic E-state index is 0.219. The van der Waals surface area contributed by atoms with Crippen molar-refractivity contribution in [1.29, 1.82) is 0 Å². The fraction of sp³-hybridized carbons (Fsp3) is 0.286. The molecule has 130 valence electrons. The first kappa shape index (κ1) is 17.1. The highest BCUT2D eigenvalue weighted by molar-refractivity contribution is 5.82. The molecule has 25 heavy (non-hydrogen) atoms. The van der Waals surface area contributed by atoms with Gasteiger partial charge >= 0.3 is 0 Å². The molecule has 3 aromatic rings. The van der Waals surface area contributed by atoms with Crippen molar-refractivity contribution in [1.82, 2.24) is 5.16 Å². The van der Waals surface area contributed by atoms with Crippen LogP contribution in [0.5, 0.6) is 11.5 Å². The standard InChI is InChI=1S/C21H23NO3/c1-14-19(15-6-12-18(13-7-15)24-21(2,3)4)20(22-25-14)16-8-10-17(23-5)11-9-16/h6-13H,1-5H3. The van der Waals surface area contributed by atoms with E-state index in [2.05, 4.69) is 5.16 Å². The first-order valence-corrected chi connectivity index (χ1v) is 8.27. The highest BCUT2D eigenvalue weighted by atomic mass is 16.5. The molecule has 0 aliphatic rings. The van der Waals surface area contributed by atoms with Crippen LogP contribution in [0.15, 0.2) is 53.1 Å². The minimum atomic E-state index is -0.219. The van der Waals surface area contributed by atoms with E-state index in [4.69, 9.17) is 14.0 Å². The van der Waals surface area contributed by atoms with Gasteiger partial charge < -0.3 is 14.0 Å². The van der Waals surface area contributed by atoms with Crippen LogP contribution in [0.3, 0.4) is 0 Å². The van der Waals surface area contributed by atoms with E-state index in [0.717, 1.165) is 39.6 Å². The Hall–Kier alpha value is -2.75. The molecule has 0 unspecified atom stereocenters. The highest BCUT2D eigenvalue weighted by Crippen LogP contribution is 2.35. The van der Waals surface area contributed by atoms with E-state index < -0.39 is 0 Å². The predicted octanol–water partition coefficient (Wildman–Crippen LogP) is 5.50. The second-order valence-electron chi connectivity index (χ2n) is 6.93. The molecule has 3 rings (SSSR count). The van der Waals surface area contributed by atoms with E-state index in [0.29, 0.717) is 0 Å². The zero-order chi connectivity index (χ0) is 18.0. The van der Waals surface area contributed by atoms with Crippen molar-refractivity contribution in [2.24, 2.45) is 0 Å². The fourth-order valence-corrected chi connectivity index (χ4v) is 2.70. The van der Waals surface area contributed by atoms with Crippen LogP contribution in [0.1, 0.15) is 26.5 Å². The summed E-state index contributed by atoms with van der Waals surface area (Å²) in [6.45, 7) is 8.03. The molecule has 1 aromatic heterocycles. The summed E-state index contributed by atoms with van der Waals surface area (Å²) in [5, 5.41) is 4.25. The lowest BCUT2D eigenvalue weighted by Crippen LogP contribution is -2.22. The molecule has 0 fully saturated rings. The van der Waals surface area contributed by atoms with Gasteiger partial charge in [-0.2, -0.15) is 0 Å². The van der Waals surface area contributed by atoms with Crippen molar-refractivity contribution in [3.05, 3.63) is 54.3 Å². The van der Waals surface area contributed by atoms with Crippen molar-refractivity contribution in [3.8, 4) is 33.9 Å². The topological polar surface area (TPSA) is 44.5 Å². The molecular weight excluding hydrogens is 314 g/mol. The van der Waals surface area contributed by atoms with Crippen LogP contribution in [0.25, 0.3) is 22.4 Å². The zero-order valence-electron chi connectivity index (χ0n) is 15.3. The molecule has 1 heterocycles. The molecule has 0 spiro atoms. The molecule has 0 saturated carbocycles. The van der Waals surface area contributed by atoms with Gasteiger partial charge in [0.15, 0.2) is 0 Å². The van der Waals surface area contributed by atoms with E-state index in [9.17, 15) is 0 Å². The van der Waals surface area contributed by atoms with Crippen molar-refractivity contribution in [2.75, 3.05) is 7.11 Å². The quantitative estimate of drug-likeness (QED) is 0.630. The molecule has 0 bridgehead atoms. The van der Waals surface area contributed by atoms with Crippen molar-refractivity contribution < 1.29 is 14.0 Å². The van der Waals surface area contributed by atoms with E-state index in [1.807, 2.05) is 76.2 Å². The van der Waals surface area contributed by atoms with E-state index in [-0.39, 0.29) is 5.60 Å². The first-order chi connectivity index (χ1) is 11.9. The molecule has 0 aliphatic heterocycles. The number of aryl methyl sites for hydroxylation is 1. The number of ether oxygens (including phenoxy) is 2. The molecular formula is C21H23NO3. The van der Waals surface area contributed by atoms with Crippen LogP contribution in [-0.4, -0.2) is 17.9 Å². The second-order valence-corrected chi connectivity index (χ2v) is 6.93. The summed E-state index contributed by atoms with van der Waals surface area (Å²) in [5.41, 5.74) is 3.63. The van der Waals surface area contributed by atoms with E-state index in [1.54, 1.807) is 7.11 Å². The third-order valence-electron chi connectivity index (χ3n) is 3.79. The molecule has 0 saturated heterocycles. The third-order valence-corrected chi connectivity index (χ3v) is 3.79. The largest absolute Gasteiger partial charge is 0.497 e. The van der Waals surface area contributed by atoms with Crippen molar-refractivity contribution in [3.63, 3.8) is 0 Å². The van der Waals surface area contributed by atoms with Gasteiger partial charge in [0.25, 0.3) is 0 Å². The number of rotatable bonds is 4. The summed E-state index contributed by atoms with van der Waals surface area (Å²) in [5.74, 6) is 2.45. The van der Waals surface area contributed by atoms with E-state index >= 15 is 0 Å². The zero-order valence-corrected chi connectivity index (χ0v) is 15.3. The Morgan fingerprint density at radius 3 is 1.96 bits per heavy atom. The van der Waals surface area contributed by atoms with Crippen LogP contribution in [0, 0.1) is 6.92 Å². The lowest BCUT2D eigenvalue weighted by Gasteiger charge is -2.21. The fourth-order valence-electron chi connectivity index (χ4n) is 2.70. The Kier molecular flexibility index (Phi) is 4.53. The minimum Gasteiger partial charge on any atom is -0.497 e. The van der Waals surface area contributed by atoms with Gasteiger partial charge in [0.1, 0.15) is 28.6 Å². The molecule has 0 N–H and O–H groups in total. The van der Waals surface area contributed by atoms with Crippen LogP contribution < -0.4 is 9.47 Å². The van der Waals surface area contributed by atoms with Crippen LogP contribution in [0.2, 0.25) is 0 Å². The van der Waals surface area contributed by atoms with Crippen LogP contribution >= 0.6 is 0 Å². The molecule has 0 aliphatic carbocycles. The molecule has 4 nitrogen and oxygen atoms in total. The van der Waals surface area contributed by atoms with Crippen molar-refractivity contribution >= 4 is 0 Å². The molecule has 4 heteroatoms. The number of hydrogen-bond donors (Lipinski definition) is 0. The second kappa shape index (κ2) is 6.63. The number of nitrogens with zero attached hydrogens (tertiary/aromatic N) is 1. The summed E-state index contributed by atoms with van der Waals surface area (Å²) < 4.78 is 16.6. The van der Waals surface area contributed by atoms with Gasteiger partial charge in [-0.3, -0.25) is 0 Å². The Labute approximate surface area is 148 Å². The average molecular weight is 337 g/mol. The Balaban J connectivity index is 1.96. The number of aromatic nitrogens is 1. The Bertz CT molecular complexity index is 840. The van der Waals surface area contributed by atoms with Gasteiger partial charge in [0, 0.05) is 5.56 Å². The van der Waals surface area contributed by atoms with Crippen molar-refractivity contribution in [2.45, 2.75) is 33.3 Å². The summed E-state index contributed by atoms with van der Waals surface area (Å²) in [6.07, 6.45) is 0. The Morgan fingerprint density at radius 2 is 1.40 bits per heavy atom. The summed E-state index contributed by atoms with van der Waals surface area (Å²) in [4.78, 5) is 0. The maximum atomic E-state index is 5.89. The van der Waals surface area contributed by atoms with Crippen LogP contribution in [-0.2, 0) is 0 Å². The predicted molar refractivity (Wildman–Crippen MR) is 99.0 cm³/mol. The molecule has 2 aromatic carbocycles. The maximum Gasteiger partial charge on any atom is 0.142 e. The normalized spacial score (nSPS) is 11.4. The lowest BCUT2D eigenvalue weighted by molar-refractivity contribution is 0.131. The summed E-state index contributed by atoms with van der Waals surface area (Å²) in [6, 6.07) is 15.8. The van der Waals surface area contributed by atoms with Gasteiger partial charge in [-0.25, -0.2) is 0 Å². The number of benzene rings is 2. The summed E-state index contributed by atoms with van der Waals surface area (Å²) >= 11 is 0. The van der Waals surface area contributed by atoms with Gasteiger partial charge in [-0.05, 0) is 69.7 Å².